The second-order valence-corrected chi connectivity index (χ2v) is 6.53. The monoisotopic (exact) mass is 269 g/mol. The van der Waals surface area contributed by atoms with Crippen LogP contribution in [0.25, 0.3) is 10.9 Å². The van der Waals surface area contributed by atoms with Crippen LogP contribution in [0.15, 0.2) is 30.5 Å². The summed E-state index contributed by atoms with van der Waals surface area (Å²) >= 11 is 0. The summed E-state index contributed by atoms with van der Waals surface area (Å²) < 4.78 is 0. The Bertz CT molecular complexity index is 619. The minimum atomic E-state index is 0.341. The van der Waals surface area contributed by atoms with Crippen LogP contribution in [0, 0.1) is 5.41 Å². The van der Waals surface area contributed by atoms with Gasteiger partial charge in [0.15, 0.2) is 0 Å². The number of hydrogen-bond donors (Lipinski definition) is 2. The Balaban J connectivity index is 1.97. The Morgan fingerprint density at radius 3 is 2.90 bits per heavy atom. The van der Waals surface area contributed by atoms with Gasteiger partial charge >= 0.3 is 0 Å². The molecule has 3 nitrogen and oxygen atoms in total. The van der Waals surface area contributed by atoms with Crippen LogP contribution in [0.2, 0.25) is 0 Å². The van der Waals surface area contributed by atoms with Crippen LogP contribution >= 0.6 is 0 Å². The molecule has 3 rings (SSSR count). The van der Waals surface area contributed by atoms with E-state index in [1.807, 2.05) is 18.3 Å². The van der Waals surface area contributed by atoms with E-state index in [1.54, 1.807) is 0 Å². The number of aromatic nitrogens is 1. The van der Waals surface area contributed by atoms with Gasteiger partial charge in [0.25, 0.3) is 0 Å². The molecule has 1 heterocycles. The fraction of sp³-hybridized carbons (Fsp3) is 0.471. The summed E-state index contributed by atoms with van der Waals surface area (Å²) in [4.78, 5) is 4.41. The number of nitrogens with two attached hydrogens (primary N) is 1. The van der Waals surface area contributed by atoms with Crippen molar-refractivity contribution in [2.45, 2.75) is 45.6 Å². The van der Waals surface area contributed by atoms with Crippen LogP contribution < -0.4 is 11.1 Å². The van der Waals surface area contributed by atoms with E-state index in [2.05, 4.69) is 36.3 Å². The van der Waals surface area contributed by atoms with Crippen LogP contribution in [0.1, 0.15) is 39.5 Å². The van der Waals surface area contributed by atoms with E-state index >= 15 is 0 Å². The topological polar surface area (TPSA) is 50.9 Å². The molecule has 1 fully saturated rings. The highest BCUT2D eigenvalue weighted by Crippen LogP contribution is 2.38. The van der Waals surface area contributed by atoms with Crippen molar-refractivity contribution in [3.63, 3.8) is 0 Å². The van der Waals surface area contributed by atoms with Crippen LogP contribution in [-0.2, 0) is 0 Å². The van der Waals surface area contributed by atoms with Gasteiger partial charge in [-0.2, -0.15) is 0 Å². The summed E-state index contributed by atoms with van der Waals surface area (Å²) in [5.74, 6) is 0. The van der Waals surface area contributed by atoms with Crippen molar-refractivity contribution in [3.8, 4) is 0 Å². The second kappa shape index (κ2) is 4.97. The third-order valence-corrected chi connectivity index (χ3v) is 4.64. The lowest BCUT2D eigenvalue weighted by Gasteiger charge is -2.39. The molecule has 0 amide bonds. The number of nitrogens with zero attached hydrogens (tertiary/aromatic N) is 1. The summed E-state index contributed by atoms with van der Waals surface area (Å²) in [5.41, 5.74) is 9.16. The molecular formula is C17H23N3. The van der Waals surface area contributed by atoms with Gasteiger partial charge in [-0.3, -0.25) is 4.98 Å². The lowest BCUT2D eigenvalue weighted by molar-refractivity contribution is 0.217. The van der Waals surface area contributed by atoms with Crippen molar-refractivity contribution in [1.29, 1.82) is 0 Å². The first-order chi connectivity index (χ1) is 9.58. The van der Waals surface area contributed by atoms with Gasteiger partial charge < -0.3 is 11.1 Å². The highest BCUT2D eigenvalue weighted by Gasteiger charge is 2.32. The third-order valence-electron chi connectivity index (χ3n) is 4.64. The Kier molecular flexibility index (Phi) is 3.28. The van der Waals surface area contributed by atoms with Gasteiger partial charge in [0.1, 0.15) is 0 Å². The first kappa shape index (κ1) is 13.2. The van der Waals surface area contributed by atoms with Gasteiger partial charge in [-0.15, -0.1) is 0 Å². The highest BCUT2D eigenvalue weighted by atomic mass is 14.9. The van der Waals surface area contributed by atoms with Crippen molar-refractivity contribution in [3.05, 3.63) is 30.5 Å². The quantitative estimate of drug-likeness (QED) is 0.803. The first-order valence-electron chi connectivity index (χ1n) is 7.48. The number of rotatable bonds is 2. The molecule has 0 aliphatic heterocycles. The van der Waals surface area contributed by atoms with Gasteiger partial charge in [0.2, 0.25) is 0 Å². The summed E-state index contributed by atoms with van der Waals surface area (Å²) in [6.45, 7) is 4.73. The molecular weight excluding hydrogens is 246 g/mol. The molecule has 0 spiro atoms. The van der Waals surface area contributed by atoms with Gasteiger partial charge in [-0.05, 0) is 30.4 Å². The molecule has 0 radical (unpaired) electrons. The van der Waals surface area contributed by atoms with Crippen molar-refractivity contribution in [2.75, 3.05) is 11.1 Å². The maximum atomic E-state index is 6.02. The summed E-state index contributed by atoms with van der Waals surface area (Å²) in [6, 6.07) is 8.58. The van der Waals surface area contributed by atoms with E-state index in [-0.39, 0.29) is 0 Å². The standard InChI is InChI=1S/C17H23N3/c1-17(2)10-4-3-8-15(17)20-14-9-11-19-16-12(14)6-5-7-13(16)18/h5-7,9,11,15H,3-4,8,10,18H2,1-2H3,(H,19,20). The van der Waals surface area contributed by atoms with E-state index in [0.29, 0.717) is 11.5 Å². The molecule has 1 aliphatic rings. The number of benzene rings is 1. The molecule has 1 atom stereocenters. The molecule has 1 unspecified atom stereocenters. The molecule has 0 bridgehead atoms. The molecule has 1 saturated carbocycles. The maximum absolute atomic E-state index is 6.02. The molecule has 1 aromatic heterocycles. The number of nitrogens with one attached hydrogen (secondary N) is 1. The second-order valence-electron chi connectivity index (χ2n) is 6.53. The Morgan fingerprint density at radius 1 is 1.25 bits per heavy atom. The zero-order chi connectivity index (χ0) is 14.2. The van der Waals surface area contributed by atoms with Crippen LogP contribution in [-0.4, -0.2) is 11.0 Å². The maximum Gasteiger partial charge on any atom is 0.0951 e. The number of anilines is 2. The van der Waals surface area contributed by atoms with Gasteiger partial charge in [-0.1, -0.05) is 38.8 Å². The van der Waals surface area contributed by atoms with Crippen molar-refractivity contribution >= 4 is 22.3 Å². The van der Waals surface area contributed by atoms with Gasteiger partial charge in [-0.25, -0.2) is 0 Å². The number of hydrogen-bond acceptors (Lipinski definition) is 3. The molecule has 3 heteroatoms. The molecule has 20 heavy (non-hydrogen) atoms. The predicted molar refractivity (Wildman–Crippen MR) is 85.8 cm³/mol. The Morgan fingerprint density at radius 2 is 2.10 bits per heavy atom. The van der Waals surface area contributed by atoms with Gasteiger partial charge in [0.05, 0.1) is 11.2 Å². The third kappa shape index (κ3) is 2.33. The van der Waals surface area contributed by atoms with Crippen molar-refractivity contribution < 1.29 is 0 Å². The lowest BCUT2D eigenvalue weighted by Crippen LogP contribution is -2.38. The van der Waals surface area contributed by atoms with E-state index in [9.17, 15) is 0 Å². The first-order valence-corrected chi connectivity index (χ1v) is 7.48. The fourth-order valence-corrected chi connectivity index (χ4v) is 3.27. The number of pyridine rings is 1. The minimum absolute atomic E-state index is 0.341. The molecule has 1 aliphatic carbocycles. The molecule has 2 aromatic rings. The Labute approximate surface area is 120 Å². The van der Waals surface area contributed by atoms with Crippen LogP contribution in [0.4, 0.5) is 11.4 Å². The normalized spacial score (nSPS) is 21.8. The number of para-hydroxylation sites is 1. The Hall–Kier alpha value is -1.77. The number of fused-ring (bicyclic) bond motifs is 1. The van der Waals surface area contributed by atoms with Crippen molar-refractivity contribution in [1.82, 2.24) is 4.98 Å². The fourth-order valence-electron chi connectivity index (χ4n) is 3.27. The van der Waals surface area contributed by atoms with Gasteiger partial charge in [0, 0.05) is 23.3 Å². The van der Waals surface area contributed by atoms with E-state index in [4.69, 9.17) is 5.73 Å². The highest BCUT2D eigenvalue weighted by molar-refractivity contribution is 5.97. The van der Waals surface area contributed by atoms with E-state index in [0.717, 1.165) is 22.3 Å². The average Bonchev–Trinajstić information content (AvgIpc) is 2.42. The summed E-state index contributed by atoms with van der Waals surface area (Å²) in [5, 5.41) is 4.87. The largest absolute Gasteiger partial charge is 0.397 e. The number of nitrogen functional groups attached to an aromatic ring is 1. The zero-order valence-corrected chi connectivity index (χ0v) is 12.3. The smallest absolute Gasteiger partial charge is 0.0951 e. The SMILES string of the molecule is CC1(C)CCCCC1Nc1ccnc2c(N)cccc12. The van der Waals surface area contributed by atoms with Crippen molar-refractivity contribution in [2.24, 2.45) is 5.41 Å². The molecule has 106 valence electrons. The summed E-state index contributed by atoms with van der Waals surface area (Å²) in [6.07, 6.45) is 7.02. The average molecular weight is 269 g/mol. The zero-order valence-electron chi connectivity index (χ0n) is 12.3. The summed E-state index contributed by atoms with van der Waals surface area (Å²) in [7, 11) is 0. The van der Waals surface area contributed by atoms with Crippen LogP contribution in [0.5, 0.6) is 0 Å². The van der Waals surface area contributed by atoms with E-state index in [1.165, 1.54) is 25.7 Å². The minimum Gasteiger partial charge on any atom is -0.397 e. The van der Waals surface area contributed by atoms with E-state index < -0.39 is 0 Å². The molecule has 0 saturated heterocycles. The lowest BCUT2D eigenvalue weighted by atomic mass is 9.73. The predicted octanol–water partition coefficient (Wildman–Crippen LogP) is 4.20. The van der Waals surface area contributed by atoms with Crippen LogP contribution in [0.3, 0.4) is 0 Å². The molecule has 1 aromatic carbocycles. The molecule has 3 N–H and O–H groups in total.